The molecule has 0 radical (unpaired) electrons. The Balaban J connectivity index is 1.59. The zero-order valence-corrected chi connectivity index (χ0v) is 15.3. The molecule has 0 saturated carbocycles. The van der Waals surface area contributed by atoms with Gasteiger partial charge in [0.25, 0.3) is 11.6 Å². The van der Waals surface area contributed by atoms with E-state index >= 15 is 0 Å². The van der Waals surface area contributed by atoms with Gasteiger partial charge in [-0.05, 0) is 35.2 Å². The molecule has 3 heterocycles. The number of rotatable bonds is 4. The van der Waals surface area contributed by atoms with Gasteiger partial charge in [0.05, 0.1) is 11.0 Å². The monoisotopic (exact) mass is 385 g/mol. The molecule has 1 atom stereocenters. The minimum Gasteiger partial charge on any atom is -0.330 e. The van der Waals surface area contributed by atoms with Gasteiger partial charge in [0, 0.05) is 29.6 Å². The van der Waals surface area contributed by atoms with Crippen LogP contribution in [0.25, 0.3) is 10.6 Å². The number of carbonyl (C=O) groups is 1. The van der Waals surface area contributed by atoms with Crippen molar-refractivity contribution in [2.45, 2.75) is 18.9 Å². The van der Waals surface area contributed by atoms with E-state index in [1.807, 2.05) is 10.3 Å². The van der Waals surface area contributed by atoms with Crippen LogP contribution in [0.15, 0.2) is 46.5 Å². The third-order valence-electron chi connectivity index (χ3n) is 4.47. The van der Waals surface area contributed by atoms with Crippen molar-refractivity contribution in [3.05, 3.63) is 67.8 Å². The fourth-order valence-electron chi connectivity index (χ4n) is 3.23. The van der Waals surface area contributed by atoms with Crippen molar-refractivity contribution in [3.63, 3.8) is 0 Å². The second kappa shape index (κ2) is 6.97. The highest BCUT2D eigenvalue weighted by atomic mass is 32.1. The molecular formula is C18H15N3O3S2. The van der Waals surface area contributed by atoms with Gasteiger partial charge in [-0.2, -0.15) is 11.3 Å². The maximum atomic E-state index is 12.9. The van der Waals surface area contributed by atoms with Crippen molar-refractivity contribution in [2.24, 2.45) is 0 Å². The quantitative estimate of drug-likeness (QED) is 0.479. The van der Waals surface area contributed by atoms with Crippen molar-refractivity contribution >= 4 is 34.3 Å². The highest BCUT2D eigenvalue weighted by Crippen LogP contribution is 2.35. The molecule has 0 N–H and O–H groups in total. The molecule has 6 nitrogen and oxygen atoms in total. The van der Waals surface area contributed by atoms with Crippen molar-refractivity contribution in [2.75, 3.05) is 6.54 Å². The van der Waals surface area contributed by atoms with Crippen molar-refractivity contribution < 1.29 is 9.72 Å². The van der Waals surface area contributed by atoms with Crippen LogP contribution in [0.3, 0.4) is 0 Å². The first-order valence-corrected chi connectivity index (χ1v) is 9.99. The number of thiophene rings is 1. The number of benzene rings is 1. The van der Waals surface area contributed by atoms with Gasteiger partial charge in [0.1, 0.15) is 10.7 Å². The predicted octanol–water partition coefficient (Wildman–Crippen LogP) is 4.76. The molecule has 3 aromatic rings. The number of likely N-dealkylation sites (tertiary alicyclic amines) is 1. The molecule has 26 heavy (non-hydrogen) atoms. The fourth-order valence-corrected chi connectivity index (χ4v) is 4.72. The molecule has 1 fully saturated rings. The molecule has 8 heteroatoms. The molecule has 1 saturated heterocycles. The van der Waals surface area contributed by atoms with Crippen LogP contribution in [0.2, 0.25) is 0 Å². The molecule has 1 aliphatic rings. The van der Waals surface area contributed by atoms with E-state index in [2.05, 4.69) is 16.4 Å². The molecule has 0 bridgehead atoms. The van der Waals surface area contributed by atoms with Gasteiger partial charge in [0.2, 0.25) is 0 Å². The van der Waals surface area contributed by atoms with Gasteiger partial charge < -0.3 is 4.90 Å². The second-order valence-corrected chi connectivity index (χ2v) is 7.70. The van der Waals surface area contributed by atoms with Crippen LogP contribution in [0, 0.1) is 10.1 Å². The number of nitro benzene ring substituents is 1. The Morgan fingerprint density at radius 3 is 2.96 bits per heavy atom. The average molecular weight is 385 g/mol. The Morgan fingerprint density at radius 1 is 1.31 bits per heavy atom. The highest BCUT2D eigenvalue weighted by molar-refractivity contribution is 7.13. The van der Waals surface area contributed by atoms with Crippen molar-refractivity contribution in [1.29, 1.82) is 0 Å². The number of hydrogen-bond donors (Lipinski definition) is 0. The number of hydrogen-bond acceptors (Lipinski definition) is 6. The molecule has 1 aliphatic heterocycles. The molecule has 1 amide bonds. The lowest BCUT2D eigenvalue weighted by atomic mass is 10.1. The first-order valence-electron chi connectivity index (χ1n) is 8.17. The Bertz CT molecular complexity index is 952. The van der Waals surface area contributed by atoms with Crippen LogP contribution in [0.4, 0.5) is 5.69 Å². The SMILES string of the molecule is O=C(c1csc(-c2cccc([N+](=O)[O-])c2)n1)N1CCC[C@@H]1c1ccsc1. The molecule has 0 aliphatic carbocycles. The zero-order chi connectivity index (χ0) is 18.1. The summed E-state index contributed by atoms with van der Waals surface area (Å²) in [6.07, 6.45) is 1.94. The van der Waals surface area contributed by atoms with Crippen LogP contribution in [-0.2, 0) is 0 Å². The van der Waals surface area contributed by atoms with Gasteiger partial charge in [-0.15, -0.1) is 11.3 Å². The number of carbonyl (C=O) groups excluding carboxylic acids is 1. The smallest absolute Gasteiger partial charge is 0.273 e. The Kier molecular flexibility index (Phi) is 4.52. The van der Waals surface area contributed by atoms with Gasteiger partial charge in [-0.1, -0.05) is 12.1 Å². The average Bonchev–Trinajstić information content (AvgIpc) is 3.41. The summed E-state index contributed by atoms with van der Waals surface area (Å²) in [5, 5.41) is 17.4. The molecule has 132 valence electrons. The summed E-state index contributed by atoms with van der Waals surface area (Å²) in [6.45, 7) is 0.725. The minimum atomic E-state index is -0.432. The van der Waals surface area contributed by atoms with Crippen molar-refractivity contribution in [1.82, 2.24) is 9.88 Å². The first-order chi connectivity index (χ1) is 12.6. The summed E-state index contributed by atoms with van der Waals surface area (Å²) >= 11 is 2.96. The maximum absolute atomic E-state index is 12.9. The summed E-state index contributed by atoms with van der Waals surface area (Å²) < 4.78 is 0. The molecule has 1 aromatic carbocycles. The number of nitrogens with zero attached hydrogens (tertiary/aromatic N) is 3. The number of nitro groups is 1. The lowest BCUT2D eigenvalue weighted by molar-refractivity contribution is -0.384. The zero-order valence-electron chi connectivity index (χ0n) is 13.7. The van der Waals surface area contributed by atoms with Crippen LogP contribution < -0.4 is 0 Å². The summed E-state index contributed by atoms with van der Waals surface area (Å²) in [5.41, 5.74) is 2.25. The van der Waals surface area contributed by atoms with Gasteiger partial charge in [-0.3, -0.25) is 14.9 Å². The summed E-state index contributed by atoms with van der Waals surface area (Å²) in [6, 6.07) is 8.50. The van der Waals surface area contributed by atoms with E-state index in [1.165, 1.54) is 29.0 Å². The third kappa shape index (κ3) is 3.13. The Labute approximate surface area is 157 Å². The van der Waals surface area contributed by atoms with Gasteiger partial charge in [0.15, 0.2) is 0 Å². The number of thiazole rings is 1. The number of amides is 1. The Hall–Kier alpha value is -2.58. The van der Waals surface area contributed by atoms with Gasteiger partial charge in [-0.25, -0.2) is 4.98 Å². The molecule has 0 unspecified atom stereocenters. The van der Waals surface area contributed by atoms with Gasteiger partial charge >= 0.3 is 0 Å². The normalized spacial score (nSPS) is 16.8. The highest BCUT2D eigenvalue weighted by Gasteiger charge is 2.32. The van der Waals surface area contributed by atoms with Crippen LogP contribution in [-0.4, -0.2) is 27.3 Å². The van der Waals surface area contributed by atoms with E-state index in [0.29, 0.717) is 16.3 Å². The fraction of sp³-hybridized carbons (Fsp3) is 0.222. The van der Waals surface area contributed by atoms with E-state index in [0.717, 1.165) is 19.4 Å². The number of non-ortho nitro benzene ring substituents is 1. The van der Waals surface area contributed by atoms with E-state index < -0.39 is 4.92 Å². The second-order valence-electron chi connectivity index (χ2n) is 6.06. The third-order valence-corrected chi connectivity index (χ3v) is 6.06. The van der Waals surface area contributed by atoms with Crippen molar-refractivity contribution in [3.8, 4) is 10.6 Å². The number of aromatic nitrogens is 1. The standard InChI is InChI=1S/C18H15N3O3S2/c22-18(20-7-2-5-16(20)13-6-8-25-10-13)15-11-26-17(19-15)12-3-1-4-14(9-12)21(23)24/h1,3-4,6,8-11,16H,2,5,7H2/t16-/m1/s1. The van der Waals surface area contributed by atoms with E-state index in [1.54, 1.807) is 28.8 Å². The Morgan fingerprint density at radius 2 is 2.19 bits per heavy atom. The summed E-state index contributed by atoms with van der Waals surface area (Å²) in [5.74, 6) is -0.0772. The van der Waals surface area contributed by atoms with E-state index in [4.69, 9.17) is 0 Å². The van der Waals surface area contributed by atoms with E-state index in [9.17, 15) is 14.9 Å². The van der Waals surface area contributed by atoms with Crippen LogP contribution in [0.1, 0.15) is 34.9 Å². The summed E-state index contributed by atoms with van der Waals surface area (Å²) in [7, 11) is 0. The molecule has 2 aromatic heterocycles. The van der Waals surface area contributed by atoms with Crippen LogP contribution in [0.5, 0.6) is 0 Å². The topological polar surface area (TPSA) is 76.3 Å². The molecular weight excluding hydrogens is 370 g/mol. The maximum Gasteiger partial charge on any atom is 0.273 e. The van der Waals surface area contributed by atoms with E-state index in [-0.39, 0.29) is 17.6 Å². The lowest BCUT2D eigenvalue weighted by Crippen LogP contribution is -2.30. The largest absolute Gasteiger partial charge is 0.330 e. The lowest BCUT2D eigenvalue weighted by Gasteiger charge is -2.23. The predicted molar refractivity (Wildman–Crippen MR) is 102 cm³/mol. The first kappa shape index (κ1) is 16.9. The minimum absolute atomic E-state index is 0.0163. The summed E-state index contributed by atoms with van der Waals surface area (Å²) in [4.78, 5) is 29.8. The molecule has 0 spiro atoms. The molecule has 4 rings (SSSR count). The van der Waals surface area contributed by atoms with Crippen LogP contribution >= 0.6 is 22.7 Å².